The number of hydrogen-bond donors (Lipinski definition) is 3. The van der Waals surface area contributed by atoms with Crippen molar-refractivity contribution < 1.29 is 19.8 Å². The second-order valence-electron chi connectivity index (χ2n) is 5.38. The number of ketones is 1. The van der Waals surface area contributed by atoms with Gasteiger partial charge in [0.1, 0.15) is 6.10 Å². The van der Waals surface area contributed by atoms with Crippen LogP contribution in [0.5, 0.6) is 0 Å². The van der Waals surface area contributed by atoms with E-state index in [4.69, 9.17) is 5.11 Å². The van der Waals surface area contributed by atoms with E-state index in [9.17, 15) is 14.7 Å². The molecule has 0 saturated heterocycles. The van der Waals surface area contributed by atoms with Crippen LogP contribution in [0.4, 0.5) is 0 Å². The molecule has 0 aliphatic rings. The number of benzene rings is 1. The molecule has 0 radical (unpaired) electrons. The first-order valence-electron chi connectivity index (χ1n) is 6.53. The van der Waals surface area contributed by atoms with Crippen molar-refractivity contribution in [2.75, 3.05) is 13.2 Å². The summed E-state index contributed by atoms with van der Waals surface area (Å²) in [5, 5.41) is 21.4. The Hall–Kier alpha value is -1.72. The third-order valence-electron chi connectivity index (χ3n) is 3.14. The second kappa shape index (κ2) is 7.17. The van der Waals surface area contributed by atoms with Crippen LogP contribution in [-0.2, 0) is 4.79 Å². The van der Waals surface area contributed by atoms with E-state index >= 15 is 0 Å². The van der Waals surface area contributed by atoms with Crippen LogP contribution >= 0.6 is 0 Å². The SMILES string of the molecule is CC(C)(CO)[C@@H](O)C(=O)NCCC(=O)c1ccccc1. The van der Waals surface area contributed by atoms with E-state index in [2.05, 4.69) is 5.32 Å². The lowest BCUT2D eigenvalue weighted by atomic mass is 9.87. The molecule has 20 heavy (non-hydrogen) atoms. The Balaban J connectivity index is 2.41. The molecule has 1 rings (SSSR count). The summed E-state index contributed by atoms with van der Waals surface area (Å²) in [5.74, 6) is -0.647. The Labute approximate surface area is 118 Å². The monoisotopic (exact) mass is 279 g/mol. The molecular weight excluding hydrogens is 258 g/mol. The van der Waals surface area contributed by atoms with Gasteiger partial charge in [0.05, 0.1) is 6.61 Å². The zero-order chi connectivity index (χ0) is 15.2. The number of aliphatic hydroxyl groups is 2. The lowest BCUT2D eigenvalue weighted by molar-refractivity contribution is -0.137. The summed E-state index contributed by atoms with van der Waals surface area (Å²) < 4.78 is 0. The highest BCUT2D eigenvalue weighted by Crippen LogP contribution is 2.19. The molecule has 0 fully saturated rings. The van der Waals surface area contributed by atoms with E-state index in [0.717, 1.165) is 0 Å². The molecule has 0 aliphatic carbocycles. The maximum Gasteiger partial charge on any atom is 0.249 e. The molecule has 0 bridgehead atoms. The van der Waals surface area contributed by atoms with Crippen molar-refractivity contribution in [3.63, 3.8) is 0 Å². The predicted octanol–water partition coefficient (Wildman–Crippen LogP) is 0.755. The second-order valence-corrected chi connectivity index (χ2v) is 5.38. The van der Waals surface area contributed by atoms with Crippen molar-refractivity contribution >= 4 is 11.7 Å². The van der Waals surface area contributed by atoms with E-state index in [0.29, 0.717) is 5.56 Å². The first-order chi connectivity index (χ1) is 9.38. The maximum atomic E-state index is 11.8. The minimum absolute atomic E-state index is 0.0678. The summed E-state index contributed by atoms with van der Waals surface area (Å²) >= 11 is 0. The Morgan fingerprint density at radius 3 is 2.40 bits per heavy atom. The number of Topliss-reactive ketones (excluding diaryl/α,β-unsaturated/α-hetero) is 1. The van der Waals surface area contributed by atoms with Crippen LogP contribution in [-0.4, -0.2) is 41.2 Å². The molecule has 5 heteroatoms. The van der Waals surface area contributed by atoms with Gasteiger partial charge in [0.2, 0.25) is 5.91 Å². The molecule has 1 amide bonds. The molecule has 3 N–H and O–H groups in total. The highest BCUT2D eigenvalue weighted by atomic mass is 16.3. The molecule has 0 heterocycles. The third-order valence-corrected chi connectivity index (χ3v) is 3.14. The number of carbonyl (C=O) groups is 2. The quantitative estimate of drug-likeness (QED) is 0.643. The fraction of sp³-hybridized carbons (Fsp3) is 0.467. The molecule has 5 nitrogen and oxygen atoms in total. The van der Waals surface area contributed by atoms with Crippen LogP contribution < -0.4 is 5.32 Å². The minimum atomic E-state index is -1.31. The summed E-state index contributed by atoms with van der Waals surface area (Å²) in [4.78, 5) is 23.5. The molecule has 1 aromatic rings. The zero-order valence-corrected chi connectivity index (χ0v) is 11.8. The summed E-state index contributed by atoms with van der Waals surface area (Å²) in [6.07, 6.45) is -1.14. The topological polar surface area (TPSA) is 86.6 Å². The number of nitrogens with one attached hydrogen (secondary N) is 1. The lowest BCUT2D eigenvalue weighted by Crippen LogP contribution is -2.45. The normalized spacial score (nSPS) is 12.8. The molecule has 1 aromatic carbocycles. The van der Waals surface area contributed by atoms with E-state index in [1.165, 1.54) is 0 Å². The number of rotatable bonds is 7. The van der Waals surface area contributed by atoms with Crippen molar-refractivity contribution in [1.29, 1.82) is 0 Å². The van der Waals surface area contributed by atoms with Crippen LogP contribution in [0.25, 0.3) is 0 Å². The molecule has 110 valence electrons. The summed E-state index contributed by atoms with van der Waals surface area (Å²) in [6, 6.07) is 8.81. The van der Waals surface area contributed by atoms with Crippen molar-refractivity contribution in [2.24, 2.45) is 5.41 Å². The van der Waals surface area contributed by atoms with E-state index in [1.54, 1.807) is 38.1 Å². The molecule has 0 aromatic heterocycles. The Bertz CT molecular complexity index is 456. The summed E-state index contributed by atoms with van der Waals surface area (Å²) in [6.45, 7) is 3.04. The smallest absolute Gasteiger partial charge is 0.249 e. The van der Waals surface area contributed by atoms with Crippen LogP contribution in [0.2, 0.25) is 0 Å². The van der Waals surface area contributed by atoms with E-state index in [-0.39, 0.29) is 25.4 Å². The highest BCUT2D eigenvalue weighted by molar-refractivity contribution is 5.96. The summed E-state index contributed by atoms with van der Waals surface area (Å²) in [7, 11) is 0. The highest BCUT2D eigenvalue weighted by Gasteiger charge is 2.32. The van der Waals surface area contributed by atoms with Crippen LogP contribution in [0.15, 0.2) is 30.3 Å². The number of aliphatic hydroxyl groups excluding tert-OH is 2. The van der Waals surface area contributed by atoms with Gasteiger partial charge in [0, 0.05) is 23.9 Å². The third kappa shape index (κ3) is 4.43. The van der Waals surface area contributed by atoms with Crippen LogP contribution in [0, 0.1) is 5.41 Å². The minimum Gasteiger partial charge on any atom is -0.396 e. The lowest BCUT2D eigenvalue weighted by Gasteiger charge is -2.27. The fourth-order valence-corrected chi connectivity index (χ4v) is 1.61. The van der Waals surface area contributed by atoms with Crippen LogP contribution in [0.1, 0.15) is 30.6 Å². The van der Waals surface area contributed by atoms with Gasteiger partial charge in [-0.2, -0.15) is 0 Å². The molecule has 0 unspecified atom stereocenters. The van der Waals surface area contributed by atoms with Gasteiger partial charge in [-0.25, -0.2) is 0 Å². The molecule has 0 aliphatic heterocycles. The molecule has 1 atom stereocenters. The first-order valence-corrected chi connectivity index (χ1v) is 6.53. The average molecular weight is 279 g/mol. The van der Waals surface area contributed by atoms with Gasteiger partial charge in [-0.1, -0.05) is 44.2 Å². The standard InChI is InChI=1S/C15H21NO4/c1-15(2,10-17)13(19)14(20)16-9-8-12(18)11-6-4-3-5-7-11/h3-7,13,17,19H,8-10H2,1-2H3,(H,16,20)/t13-/m0/s1. The largest absolute Gasteiger partial charge is 0.396 e. The Morgan fingerprint density at radius 2 is 1.85 bits per heavy atom. The van der Waals surface area contributed by atoms with E-state index < -0.39 is 17.4 Å². The van der Waals surface area contributed by atoms with Gasteiger partial charge in [0.15, 0.2) is 5.78 Å². The average Bonchev–Trinajstić information content (AvgIpc) is 2.47. The van der Waals surface area contributed by atoms with Crippen molar-refractivity contribution in [3.8, 4) is 0 Å². The zero-order valence-electron chi connectivity index (χ0n) is 11.8. The first kappa shape index (κ1) is 16.3. The maximum absolute atomic E-state index is 11.8. The fourth-order valence-electron chi connectivity index (χ4n) is 1.61. The van der Waals surface area contributed by atoms with Gasteiger partial charge in [0.25, 0.3) is 0 Å². The number of carbonyl (C=O) groups excluding carboxylic acids is 2. The molecular formula is C15H21NO4. The van der Waals surface area contributed by atoms with Crippen LogP contribution in [0.3, 0.4) is 0 Å². The Morgan fingerprint density at radius 1 is 1.25 bits per heavy atom. The molecule has 0 saturated carbocycles. The Kier molecular flexibility index (Phi) is 5.85. The van der Waals surface area contributed by atoms with Gasteiger partial charge in [-0.15, -0.1) is 0 Å². The van der Waals surface area contributed by atoms with Crippen molar-refractivity contribution in [2.45, 2.75) is 26.4 Å². The van der Waals surface area contributed by atoms with Gasteiger partial charge < -0.3 is 15.5 Å². The summed E-state index contributed by atoms with van der Waals surface area (Å²) in [5.41, 5.74) is -0.314. The van der Waals surface area contributed by atoms with E-state index in [1.807, 2.05) is 6.07 Å². The van der Waals surface area contributed by atoms with Crippen molar-refractivity contribution in [3.05, 3.63) is 35.9 Å². The van der Waals surface area contributed by atoms with Crippen molar-refractivity contribution in [1.82, 2.24) is 5.32 Å². The predicted molar refractivity (Wildman–Crippen MR) is 75.3 cm³/mol. The number of hydrogen-bond acceptors (Lipinski definition) is 4. The van der Waals surface area contributed by atoms with Gasteiger partial charge >= 0.3 is 0 Å². The van der Waals surface area contributed by atoms with Gasteiger partial charge in [-0.05, 0) is 0 Å². The number of amides is 1. The molecule has 0 spiro atoms. The van der Waals surface area contributed by atoms with Gasteiger partial charge in [-0.3, -0.25) is 9.59 Å².